The lowest BCUT2D eigenvalue weighted by molar-refractivity contribution is -0.176. The molecule has 2 aromatic carbocycles. The Kier molecular flexibility index (Phi) is 7.33. The van der Waals surface area contributed by atoms with Crippen LogP contribution >= 0.6 is 0 Å². The molecule has 0 bridgehead atoms. The van der Waals surface area contributed by atoms with Crippen LogP contribution in [0.25, 0.3) is 5.57 Å². The van der Waals surface area contributed by atoms with E-state index in [1.165, 1.54) is 25.0 Å². The number of anilines is 1. The molecule has 1 fully saturated rings. The summed E-state index contributed by atoms with van der Waals surface area (Å²) in [6, 6.07) is 7.59. The first kappa shape index (κ1) is 27.7. The average Bonchev–Trinajstić information content (AvgIpc) is 3.11. The van der Waals surface area contributed by atoms with Crippen LogP contribution in [0.1, 0.15) is 54.5 Å². The zero-order chi connectivity index (χ0) is 28.0. The lowest BCUT2D eigenvalue weighted by Crippen LogP contribution is -2.36. The predicted octanol–water partition coefficient (Wildman–Crippen LogP) is 7.30. The van der Waals surface area contributed by atoms with Crippen LogP contribution in [0.15, 0.2) is 42.0 Å². The molecule has 0 saturated carbocycles. The standard InChI is InChI=1S/C27H28F6N2O3/c1-14-8-16(10-19(9-14)27(31,32)33)24-15(2)35(25(36)38-24)13-17-11-18(26(28,29)30)4-6-21(17)22-12-20(34)5-7-23(22)37-3/h5,7-10,12,15,18,24H,4,6,11,13,34H2,1-3H3/t15-,18?,24-/m0/s1. The normalized spacial score (nSPS) is 22.6. The molecule has 0 radical (unpaired) electrons. The minimum atomic E-state index is -4.59. The third-order valence-electron chi connectivity index (χ3n) is 7.18. The van der Waals surface area contributed by atoms with Gasteiger partial charge in [0.05, 0.1) is 24.6 Å². The first-order chi connectivity index (χ1) is 17.7. The number of carbonyl (C=O) groups excluding carboxylic acids is 1. The number of ether oxygens (including phenoxy) is 2. The van der Waals surface area contributed by atoms with Gasteiger partial charge in [0.2, 0.25) is 0 Å². The summed E-state index contributed by atoms with van der Waals surface area (Å²) in [4.78, 5) is 14.2. The van der Waals surface area contributed by atoms with Gasteiger partial charge in [-0.25, -0.2) is 4.79 Å². The molecule has 0 spiro atoms. The maximum absolute atomic E-state index is 13.7. The van der Waals surface area contributed by atoms with Crippen LogP contribution in [0, 0.1) is 12.8 Å². The fourth-order valence-corrected chi connectivity index (χ4v) is 5.25. The number of halogens is 6. The number of aryl methyl sites for hydroxylation is 1. The second-order valence-electron chi connectivity index (χ2n) is 9.83. The van der Waals surface area contributed by atoms with Gasteiger partial charge < -0.3 is 15.2 Å². The van der Waals surface area contributed by atoms with Gasteiger partial charge in [-0.1, -0.05) is 11.6 Å². The number of allylic oxidation sites excluding steroid dienone is 1. The Morgan fingerprint density at radius 2 is 1.82 bits per heavy atom. The number of nitrogens with two attached hydrogens (primary N) is 1. The second-order valence-corrected chi connectivity index (χ2v) is 9.83. The number of benzene rings is 2. The summed E-state index contributed by atoms with van der Waals surface area (Å²) in [5.74, 6) is -1.16. The minimum absolute atomic E-state index is 0.0901. The van der Waals surface area contributed by atoms with E-state index in [-0.39, 0.29) is 31.4 Å². The number of hydrogen-bond donors (Lipinski definition) is 1. The van der Waals surface area contributed by atoms with Gasteiger partial charge in [0.15, 0.2) is 0 Å². The highest BCUT2D eigenvalue weighted by Crippen LogP contribution is 2.46. The van der Waals surface area contributed by atoms with E-state index < -0.39 is 42.1 Å². The number of hydrogen-bond acceptors (Lipinski definition) is 4. The second kappa shape index (κ2) is 10.1. The highest BCUT2D eigenvalue weighted by Gasteiger charge is 2.45. The van der Waals surface area contributed by atoms with Gasteiger partial charge in [-0.15, -0.1) is 0 Å². The van der Waals surface area contributed by atoms with Gasteiger partial charge in [0.1, 0.15) is 11.9 Å². The molecule has 0 aromatic heterocycles. The van der Waals surface area contributed by atoms with Gasteiger partial charge in [-0.2, -0.15) is 26.3 Å². The molecule has 1 aliphatic carbocycles. The van der Waals surface area contributed by atoms with Crippen molar-refractivity contribution in [2.24, 2.45) is 5.92 Å². The number of methoxy groups -OCH3 is 1. The quantitative estimate of drug-likeness (QED) is 0.318. The van der Waals surface area contributed by atoms with E-state index in [2.05, 4.69) is 0 Å². The van der Waals surface area contributed by atoms with E-state index in [0.717, 1.165) is 12.1 Å². The van der Waals surface area contributed by atoms with Crippen molar-refractivity contribution >= 4 is 17.4 Å². The van der Waals surface area contributed by atoms with E-state index in [9.17, 15) is 31.1 Å². The molecule has 1 saturated heterocycles. The summed E-state index contributed by atoms with van der Waals surface area (Å²) in [5.41, 5.74) is 7.54. The first-order valence-corrected chi connectivity index (χ1v) is 12.1. The van der Waals surface area contributed by atoms with Crippen LogP contribution in [-0.4, -0.2) is 36.9 Å². The van der Waals surface area contributed by atoms with E-state index in [1.807, 2.05) is 0 Å². The number of alkyl halides is 6. The topological polar surface area (TPSA) is 64.8 Å². The monoisotopic (exact) mass is 542 g/mol. The Morgan fingerprint density at radius 3 is 2.45 bits per heavy atom. The van der Waals surface area contributed by atoms with E-state index in [4.69, 9.17) is 15.2 Å². The van der Waals surface area contributed by atoms with Crippen LogP contribution in [0.5, 0.6) is 5.75 Å². The van der Waals surface area contributed by atoms with Crippen LogP contribution in [-0.2, 0) is 10.9 Å². The van der Waals surface area contributed by atoms with Crippen molar-refractivity contribution in [1.29, 1.82) is 0 Å². The smallest absolute Gasteiger partial charge is 0.416 e. The number of rotatable bonds is 5. The molecule has 2 aliphatic rings. The number of nitrogen functional groups attached to an aromatic ring is 1. The summed E-state index contributed by atoms with van der Waals surface area (Å²) in [5, 5.41) is 0. The molecule has 1 unspecified atom stereocenters. The molecule has 3 atom stereocenters. The fourth-order valence-electron chi connectivity index (χ4n) is 5.25. The highest BCUT2D eigenvalue weighted by molar-refractivity contribution is 5.78. The maximum atomic E-state index is 13.7. The van der Waals surface area contributed by atoms with E-state index in [1.54, 1.807) is 25.1 Å². The molecule has 4 rings (SSSR count). The lowest BCUT2D eigenvalue weighted by Gasteiger charge is -2.32. The molecule has 11 heteroatoms. The van der Waals surface area contributed by atoms with Gasteiger partial charge in [0, 0.05) is 17.8 Å². The number of amides is 1. The number of nitrogens with zero attached hydrogens (tertiary/aromatic N) is 1. The molecular weight excluding hydrogens is 514 g/mol. The zero-order valence-electron chi connectivity index (χ0n) is 21.0. The Hall–Kier alpha value is -3.37. The summed E-state index contributed by atoms with van der Waals surface area (Å²) in [6.45, 7) is 2.94. The Bertz CT molecular complexity index is 1250. The molecule has 1 amide bonds. The highest BCUT2D eigenvalue weighted by atomic mass is 19.4. The largest absolute Gasteiger partial charge is 0.496 e. The minimum Gasteiger partial charge on any atom is -0.496 e. The van der Waals surface area contributed by atoms with E-state index in [0.29, 0.717) is 33.7 Å². The Balaban J connectivity index is 1.71. The third kappa shape index (κ3) is 5.56. The van der Waals surface area contributed by atoms with Crippen molar-refractivity contribution in [3.63, 3.8) is 0 Å². The Morgan fingerprint density at radius 1 is 1.11 bits per heavy atom. The zero-order valence-corrected chi connectivity index (χ0v) is 21.0. The van der Waals surface area contributed by atoms with Crippen molar-refractivity contribution in [3.8, 4) is 5.75 Å². The van der Waals surface area contributed by atoms with Gasteiger partial charge in [0.25, 0.3) is 0 Å². The van der Waals surface area contributed by atoms with Crippen molar-refractivity contribution in [3.05, 3.63) is 64.2 Å². The van der Waals surface area contributed by atoms with Crippen LogP contribution in [0.4, 0.5) is 36.8 Å². The van der Waals surface area contributed by atoms with Gasteiger partial charge in [-0.3, -0.25) is 4.90 Å². The van der Waals surface area contributed by atoms with Crippen molar-refractivity contribution in [2.45, 2.75) is 57.6 Å². The summed E-state index contributed by atoms with van der Waals surface area (Å²) in [6.07, 6.45) is -11.2. The van der Waals surface area contributed by atoms with Gasteiger partial charge >= 0.3 is 18.4 Å². The van der Waals surface area contributed by atoms with Crippen molar-refractivity contribution < 1.29 is 40.6 Å². The molecule has 1 aliphatic heterocycles. The third-order valence-corrected chi connectivity index (χ3v) is 7.18. The molecule has 206 valence electrons. The van der Waals surface area contributed by atoms with Crippen LogP contribution in [0.3, 0.4) is 0 Å². The lowest BCUT2D eigenvalue weighted by atomic mass is 9.80. The molecule has 1 heterocycles. The van der Waals surface area contributed by atoms with Crippen molar-refractivity contribution in [2.75, 3.05) is 19.4 Å². The first-order valence-electron chi connectivity index (χ1n) is 12.1. The number of cyclic esters (lactones) is 1. The predicted molar refractivity (Wildman–Crippen MR) is 129 cm³/mol. The molecule has 38 heavy (non-hydrogen) atoms. The van der Waals surface area contributed by atoms with Crippen molar-refractivity contribution in [1.82, 2.24) is 4.90 Å². The Labute approximate surface area is 216 Å². The summed E-state index contributed by atoms with van der Waals surface area (Å²) in [7, 11) is 1.44. The molecule has 2 N–H and O–H groups in total. The fraction of sp³-hybridized carbons (Fsp3) is 0.444. The molecule has 2 aromatic rings. The van der Waals surface area contributed by atoms with Gasteiger partial charge in [-0.05, 0) is 80.2 Å². The molecular formula is C27H28F6N2O3. The maximum Gasteiger partial charge on any atom is 0.416 e. The molecule has 5 nitrogen and oxygen atoms in total. The SMILES string of the molecule is COc1ccc(N)cc1C1=C(CN2C(=O)O[C@H](c3cc(C)cc(C(F)(F)F)c3)[C@@H]2C)CC(C(F)(F)F)CC1. The van der Waals surface area contributed by atoms with E-state index >= 15 is 0 Å². The van der Waals surface area contributed by atoms with Crippen LogP contribution < -0.4 is 10.5 Å². The average molecular weight is 543 g/mol. The summed E-state index contributed by atoms with van der Waals surface area (Å²) >= 11 is 0. The van der Waals surface area contributed by atoms with Crippen LogP contribution in [0.2, 0.25) is 0 Å². The number of carbonyl (C=O) groups is 1. The summed E-state index contributed by atoms with van der Waals surface area (Å²) < 4.78 is 92.2.